The van der Waals surface area contributed by atoms with Crippen LogP contribution in [0.5, 0.6) is 11.8 Å². The lowest BCUT2D eigenvalue weighted by molar-refractivity contribution is -0.131. The SMILES string of the molecule is CC(C)(C)OC(=O)N1CCN(C(=O)CN(C(=O)OC(C)(C)C)c2ccc(-c3ccc(OCc4ccccc4)nc3OCc3ccccc3)cc2)CC1. The number of hydrogen-bond donors (Lipinski definition) is 0. The van der Waals surface area contributed by atoms with Crippen LogP contribution in [0.4, 0.5) is 15.3 Å². The summed E-state index contributed by atoms with van der Waals surface area (Å²) >= 11 is 0. The monoisotopic (exact) mass is 708 g/mol. The minimum atomic E-state index is -0.779. The number of ether oxygens (including phenoxy) is 4. The summed E-state index contributed by atoms with van der Waals surface area (Å²) < 4.78 is 23.5. The molecule has 1 aliphatic heterocycles. The summed E-state index contributed by atoms with van der Waals surface area (Å²) in [6.07, 6.45) is -1.05. The summed E-state index contributed by atoms with van der Waals surface area (Å²) in [4.78, 5) is 48.9. The number of carbonyl (C=O) groups excluding carboxylic acids is 3. The number of pyridine rings is 1. The third-order valence-electron chi connectivity index (χ3n) is 7.96. The van der Waals surface area contributed by atoms with Gasteiger partial charge in [0.1, 0.15) is 31.0 Å². The van der Waals surface area contributed by atoms with E-state index in [1.165, 1.54) is 4.90 Å². The van der Waals surface area contributed by atoms with E-state index in [1.807, 2.05) is 99.6 Å². The van der Waals surface area contributed by atoms with Crippen LogP contribution in [-0.4, -0.2) is 76.8 Å². The van der Waals surface area contributed by atoms with Gasteiger partial charge in [-0.15, -0.1) is 0 Å². The van der Waals surface area contributed by atoms with E-state index in [2.05, 4.69) is 0 Å². The Morgan fingerprint density at radius 1 is 0.654 bits per heavy atom. The van der Waals surface area contributed by atoms with Crippen molar-refractivity contribution in [2.24, 2.45) is 0 Å². The van der Waals surface area contributed by atoms with E-state index >= 15 is 0 Å². The van der Waals surface area contributed by atoms with Gasteiger partial charge in [-0.05, 0) is 76.4 Å². The summed E-state index contributed by atoms with van der Waals surface area (Å²) in [5.74, 6) is 0.561. The first-order chi connectivity index (χ1) is 24.7. The third kappa shape index (κ3) is 11.0. The number of benzene rings is 3. The summed E-state index contributed by atoms with van der Waals surface area (Å²) in [5, 5.41) is 0. The number of anilines is 1. The van der Waals surface area contributed by atoms with Crippen molar-refractivity contribution in [2.75, 3.05) is 37.6 Å². The number of amides is 3. The van der Waals surface area contributed by atoms with E-state index in [0.717, 1.165) is 22.3 Å². The maximum Gasteiger partial charge on any atom is 0.415 e. The number of nitrogens with zero attached hydrogens (tertiary/aromatic N) is 4. The van der Waals surface area contributed by atoms with Crippen LogP contribution in [-0.2, 0) is 27.5 Å². The van der Waals surface area contributed by atoms with Gasteiger partial charge in [-0.1, -0.05) is 72.8 Å². The van der Waals surface area contributed by atoms with Crippen molar-refractivity contribution in [3.8, 4) is 22.9 Å². The first-order valence-electron chi connectivity index (χ1n) is 17.5. The van der Waals surface area contributed by atoms with E-state index in [4.69, 9.17) is 23.9 Å². The first kappa shape index (κ1) is 37.7. The Labute approximate surface area is 306 Å². The Hall–Kier alpha value is -5.58. The molecular weight excluding hydrogens is 660 g/mol. The molecule has 0 spiro atoms. The quantitative estimate of drug-likeness (QED) is 0.165. The normalized spacial score (nSPS) is 13.3. The molecule has 4 aromatic rings. The molecule has 274 valence electrons. The minimum absolute atomic E-state index is 0.235. The van der Waals surface area contributed by atoms with Gasteiger partial charge in [0.05, 0.1) is 0 Å². The molecule has 1 saturated heterocycles. The fourth-order valence-corrected chi connectivity index (χ4v) is 5.39. The predicted molar refractivity (Wildman–Crippen MR) is 199 cm³/mol. The average molecular weight is 709 g/mol. The van der Waals surface area contributed by atoms with Gasteiger partial charge in [0.2, 0.25) is 17.7 Å². The van der Waals surface area contributed by atoms with Gasteiger partial charge in [-0.2, -0.15) is 4.98 Å². The zero-order chi connectivity index (χ0) is 37.3. The van der Waals surface area contributed by atoms with E-state index in [9.17, 15) is 14.4 Å². The van der Waals surface area contributed by atoms with E-state index in [-0.39, 0.29) is 12.5 Å². The lowest BCUT2D eigenvalue weighted by Crippen LogP contribution is -2.54. The maximum atomic E-state index is 13.6. The second-order valence-corrected chi connectivity index (χ2v) is 14.5. The Balaban J connectivity index is 1.34. The molecule has 0 radical (unpaired) electrons. The molecule has 5 rings (SSSR count). The fourth-order valence-electron chi connectivity index (χ4n) is 5.39. The molecule has 0 saturated carbocycles. The van der Waals surface area contributed by atoms with Gasteiger partial charge in [-0.3, -0.25) is 9.69 Å². The van der Waals surface area contributed by atoms with Crippen molar-refractivity contribution in [3.05, 3.63) is 108 Å². The van der Waals surface area contributed by atoms with E-state index in [0.29, 0.717) is 56.8 Å². The predicted octanol–water partition coefficient (Wildman–Crippen LogP) is 7.73. The van der Waals surface area contributed by atoms with Gasteiger partial charge in [0.15, 0.2) is 0 Å². The highest BCUT2D eigenvalue weighted by Gasteiger charge is 2.31. The summed E-state index contributed by atoms with van der Waals surface area (Å²) in [6.45, 7) is 12.5. The van der Waals surface area contributed by atoms with Crippen molar-refractivity contribution >= 4 is 23.8 Å². The van der Waals surface area contributed by atoms with Gasteiger partial charge in [-0.25, -0.2) is 9.59 Å². The van der Waals surface area contributed by atoms with Crippen molar-refractivity contribution in [2.45, 2.75) is 66.0 Å². The molecule has 0 bridgehead atoms. The maximum absolute atomic E-state index is 13.6. The standard InChI is InChI=1S/C41H48N4O7/c1-40(2,3)51-38(47)44-25-23-43(24-26-44)36(46)27-45(39(48)52-41(4,5)6)33-19-17-32(18-20-33)34-21-22-35(49-28-30-13-9-7-10-14-30)42-37(34)50-29-31-15-11-8-12-16-31/h7-22H,23-29H2,1-6H3. The number of rotatable bonds is 10. The molecule has 3 aromatic carbocycles. The zero-order valence-electron chi connectivity index (χ0n) is 30.8. The molecule has 1 aromatic heterocycles. The molecule has 3 amide bonds. The van der Waals surface area contributed by atoms with Crippen molar-refractivity contribution in [1.29, 1.82) is 0 Å². The molecular formula is C41H48N4O7. The lowest BCUT2D eigenvalue weighted by atomic mass is 10.1. The second kappa shape index (κ2) is 16.6. The van der Waals surface area contributed by atoms with Gasteiger partial charge in [0.25, 0.3) is 0 Å². The minimum Gasteiger partial charge on any atom is -0.473 e. The molecule has 52 heavy (non-hydrogen) atoms. The first-order valence-corrected chi connectivity index (χ1v) is 17.5. The van der Waals surface area contributed by atoms with Crippen molar-refractivity contribution in [1.82, 2.24) is 14.8 Å². The number of piperazine rings is 1. The Morgan fingerprint density at radius 3 is 1.75 bits per heavy atom. The molecule has 0 aliphatic carbocycles. The molecule has 0 atom stereocenters. The van der Waals surface area contributed by atoms with Crippen LogP contribution in [0.2, 0.25) is 0 Å². The Kier molecular flexibility index (Phi) is 12.0. The molecule has 1 aliphatic rings. The van der Waals surface area contributed by atoms with Crippen molar-refractivity contribution < 1.29 is 33.3 Å². The van der Waals surface area contributed by atoms with Crippen LogP contribution in [0.1, 0.15) is 52.7 Å². The zero-order valence-corrected chi connectivity index (χ0v) is 30.8. The largest absolute Gasteiger partial charge is 0.473 e. The average Bonchev–Trinajstić information content (AvgIpc) is 3.11. The van der Waals surface area contributed by atoms with Crippen LogP contribution in [0.15, 0.2) is 97.1 Å². The van der Waals surface area contributed by atoms with E-state index in [1.54, 1.807) is 48.8 Å². The molecule has 0 N–H and O–H groups in total. The van der Waals surface area contributed by atoms with Crippen LogP contribution in [0.25, 0.3) is 11.1 Å². The van der Waals surface area contributed by atoms with Gasteiger partial charge < -0.3 is 28.7 Å². The number of carbonyl (C=O) groups is 3. The third-order valence-corrected chi connectivity index (χ3v) is 7.96. The molecule has 11 nitrogen and oxygen atoms in total. The highest BCUT2D eigenvalue weighted by molar-refractivity contribution is 5.95. The topological polar surface area (TPSA) is 111 Å². The van der Waals surface area contributed by atoms with Gasteiger partial charge >= 0.3 is 12.2 Å². The number of aromatic nitrogens is 1. The van der Waals surface area contributed by atoms with Crippen LogP contribution >= 0.6 is 0 Å². The van der Waals surface area contributed by atoms with Crippen LogP contribution in [0, 0.1) is 0 Å². The highest BCUT2D eigenvalue weighted by Crippen LogP contribution is 2.33. The van der Waals surface area contributed by atoms with Gasteiger partial charge in [0, 0.05) is 43.5 Å². The molecule has 11 heteroatoms. The number of hydrogen-bond acceptors (Lipinski definition) is 8. The van der Waals surface area contributed by atoms with E-state index < -0.39 is 23.4 Å². The smallest absolute Gasteiger partial charge is 0.415 e. The molecule has 0 unspecified atom stereocenters. The summed E-state index contributed by atoms with van der Waals surface area (Å²) in [7, 11) is 0. The van der Waals surface area contributed by atoms with Crippen LogP contribution < -0.4 is 14.4 Å². The Morgan fingerprint density at radius 2 is 1.19 bits per heavy atom. The highest BCUT2D eigenvalue weighted by atomic mass is 16.6. The summed E-state index contributed by atoms with van der Waals surface area (Å²) in [5.41, 5.74) is 2.64. The molecule has 2 heterocycles. The lowest BCUT2D eigenvalue weighted by Gasteiger charge is -2.36. The molecule has 1 fully saturated rings. The fraction of sp³-hybridized carbons (Fsp3) is 0.366. The van der Waals surface area contributed by atoms with Crippen molar-refractivity contribution in [3.63, 3.8) is 0 Å². The Bertz CT molecular complexity index is 1800. The second-order valence-electron chi connectivity index (χ2n) is 14.5. The summed E-state index contributed by atoms with van der Waals surface area (Å²) in [6, 6.07) is 30.6. The van der Waals surface area contributed by atoms with Crippen LogP contribution in [0.3, 0.4) is 0 Å².